The molecule has 1 fully saturated rings. The van der Waals surface area contributed by atoms with Gasteiger partial charge < -0.3 is 20.1 Å². The Labute approximate surface area is 202 Å². The third kappa shape index (κ3) is 6.01. The fraction of sp³-hybridized carbons (Fsp3) is 0.458. The molecule has 0 aliphatic carbocycles. The minimum absolute atomic E-state index is 0.0758. The van der Waals surface area contributed by atoms with Crippen LogP contribution in [0.15, 0.2) is 35.7 Å². The first kappa shape index (κ1) is 24.3. The summed E-state index contributed by atoms with van der Waals surface area (Å²) < 4.78 is 5.38. The first-order valence-electron chi connectivity index (χ1n) is 11.5. The summed E-state index contributed by atoms with van der Waals surface area (Å²) in [5, 5.41) is 14.6. The van der Waals surface area contributed by atoms with Crippen molar-refractivity contribution in [3.8, 4) is 0 Å². The molecule has 2 N–H and O–H groups in total. The molecule has 3 heterocycles. The number of carboxylic acids is 1. The van der Waals surface area contributed by atoms with E-state index in [0.29, 0.717) is 24.5 Å². The lowest BCUT2D eigenvalue weighted by molar-refractivity contribution is -0.122. The van der Waals surface area contributed by atoms with Crippen LogP contribution in [0.4, 0.5) is 11.4 Å². The van der Waals surface area contributed by atoms with Crippen molar-refractivity contribution in [2.24, 2.45) is 0 Å². The van der Waals surface area contributed by atoms with Gasteiger partial charge in [-0.25, -0.2) is 4.79 Å². The highest BCUT2D eigenvalue weighted by molar-refractivity contribution is 7.09. The van der Waals surface area contributed by atoms with Crippen molar-refractivity contribution < 1.29 is 24.2 Å². The van der Waals surface area contributed by atoms with Gasteiger partial charge in [-0.05, 0) is 42.5 Å². The summed E-state index contributed by atoms with van der Waals surface area (Å²) in [4.78, 5) is 44.2. The molecule has 0 spiro atoms. The number of fused-ring (bicyclic) bond motifs is 1. The molecule has 0 saturated carbocycles. The number of rotatable bonds is 10. The van der Waals surface area contributed by atoms with E-state index in [-0.39, 0.29) is 30.5 Å². The molecule has 2 aromatic rings. The molecule has 0 unspecified atom stereocenters. The number of carbonyl (C=O) groups is 3. The van der Waals surface area contributed by atoms with Gasteiger partial charge in [0.05, 0.1) is 36.7 Å². The summed E-state index contributed by atoms with van der Waals surface area (Å²) in [7, 11) is 0. The zero-order valence-electron chi connectivity index (χ0n) is 19.1. The number of morpholine rings is 1. The van der Waals surface area contributed by atoms with Gasteiger partial charge in [-0.1, -0.05) is 6.07 Å². The number of amides is 2. The standard InChI is InChI=1S/C24H30N4O5S/c29-22(16-25-7-6-19-3-1-14-34-19)28-17-23(30)27(9-2-8-26-10-12-33-13-11-26)20-5-4-18(24(31)32)15-21(20)28/h1,3-5,14-15,25H,2,6-13,16-17H2,(H,31,32). The normalized spacial score (nSPS) is 16.5. The van der Waals surface area contributed by atoms with Crippen molar-refractivity contribution in [2.75, 3.05) is 68.8 Å². The van der Waals surface area contributed by atoms with Crippen LogP contribution in [-0.2, 0) is 20.7 Å². The molecule has 1 aromatic heterocycles. The largest absolute Gasteiger partial charge is 0.478 e. The Kier molecular flexibility index (Phi) is 8.28. The number of carboxylic acid groups (broad SMARTS) is 1. The van der Waals surface area contributed by atoms with Crippen LogP contribution in [0.2, 0.25) is 0 Å². The highest BCUT2D eigenvalue weighted by atomic mass is 32.1. The Morgan fingerprint density at radius 3 is 2.68 bits per heavy atom. The average molecular weight is 487 g/mol. The molecule has 1 aromatic carbocycles. The van der Waals surface area contributed by atoms with Crippen molar-refractivity contribution in [3.05, 3.63) is 46.2 Å². The molecule has 10 heteroatoms. The van der Waals surface area contributed by atoms with Crippen LogP contribution in [-0.4, -0.2) is 86.8 Å². The summed E-state index contributed by atoms with van der Waals surface area (Å²) in [5.41, 5.74) is 1.14. The fourth-order valence-corrected chi connectivity index (χ4v) is 4.95. The zero-order valence-corrected chi connectivity index (χ0v) is 19.9. The van der Waals surface area contributed by atoms with Crippen molar-refractivity contribution in [2.45, 2.75) is 12.8 Å². The van der Waals surface area contributed by atoms with Gasteiger partial charge in [0.25, 0.3) is 0 Å². The SMILES string of the molecule is O=C(O)c1ccc2c(c1)N(C(=O)CNCCc1cccs1)CC(=O)N2CCCN1CCOCC1. The lowest BCUT2D eigenvalue weighted by Crippen LogP contribution is -2.51. The topological polar surface area (TPSA) is 102 Å². The summed E-state index contributed by atoms with van der Waals surface area (Å²) in [5.74, 6) is -1.49. The first-order valence-corrected chi connectivity index (χ1v) is 12.4. The number of carbonyl (C=O) groups excluding carboxylic acids is 2. The highest BCUT2D eigenvalue weighted by Gasteiger charge is 2.33. The maximum absolute atomic E-state index is 13.0. The van der Waals surface area contributed by atoms with E-state index >= 15 is 0 Å². The number of nitrogens with zero attached hydrogens (tertiary/aromatic N) is 3. The number of benzene rings is 1. The zero-order chi connectivity index (χ0) is 23.9. The summed E-state index contributed by atoms with van der Waals surface area (Å²) in [6, 6.07) is 8.65. The Bertz CT molecular complexity index is 1010. The van der Waals surface area contributed by atoms with Crippen LogP contribution in [0.25, 0.3) is 0 Å². The number of thiophene rings is 1. The number of nitrogens with one attached hydrogen (secondary N) is 1. The van der Waals surface area contributed by atoms with Gasteiger partial charge in [-0.2, -0.15) is 0 Å². The second-order valence-corrected chi connectivity index (χ2v) is 9.38. The molecule has 1 saturated heterocycles. The Hall–Kier alpha value is -2.79. The van der Waals surface area contributed by atoms with E-state index in [1.165, 1.54) is 21.9 Å². The predicted octanol–water partition coefficient (Wildman–Crippen LogP) is 1.68. The maximum atomic E-state index is 13.0. The van der Waals surface area contributed by atoms with E-state index in [9.17, 15) is 19.5 Å². The predicted molar refractivity (Wildman–Crippen MR) is 131 cm³/mol. The number of hydrogen-bond acceptors (Lipinski definition) is 7. The molecule has 0 bridgehead atoms. The minimum Gasteiger partial charge on any atom is -0.478 e. The lowest BCUT2D eigenvalue weighted by atomic mass is 10.1. The molecule has 4 rings (SSSR count). The van der Waals surface area contributed by atoms with Gasteiger partial charge in [0.1, 0.15) is 6.54 Å². The Morgan fingerprint density at radius 2 is 1.94 bits per heavy atom. The van der Waals surface area contributed by atoms with E-state index in [2.05, 4.69) is 16.3 Å². The molecule has 182 valence electrons. The second kappa shape index (κ2) is 11.6. The van der Waals surface area contributed by atoms with Gasteiger partial charge in [0, 0.05) is 37.6 Å². The number of aromatic carboxylic acids is 1. The maximum Gasteiger partial charge on any atom is 0.335 e. The minimum atomic E-state index is -1.07. The second-order valence-electron chi connectivity index (χ2n) is 8.35. The lowest BCUT2D eigenvalue weighted by Gasteiger charge is -2.37. The van der Waals surface area contributed by atoms with Crippen LogP contribution in [0.1, 0.15) is 21.7 Å². The summed E-state index contributed by atoms with van der Waals surface area (Å²) in [6.45, 7) is 5.20. The number of anilines is 2. The first-order chi connectivity index (χ1) is 16.5. The summed E-state index contributed by atoms with van der Waals surface area (Å²) >= 11 is 1.67. The van der Waals surface area contributed by atoms with Crippen LogP contribution in [0, 0.1) is 0 Å². The Balaban J connectivity index is 1.42. The van der Waals surface area contributed by atoms with Crippen LogP contribution >= 0.6 is 11.3 Å². The van der Waals surface area contributed by atoms with E-state index in [1.807, 2.05) is 11.4 Å². The molecular weight excluding hydrogens is 456 g/mol. The van der Waals surface area contributed by atoms with Gasteiger partial charge in [0.15, 0.2) is 0 Å². The molecule has 34 heavy (non-hydrogen) atoms. The van der Waals surface area contributed by atoms with Crippen LogP contribution in [0.5, 0.6) is 0 Å². The highest BCUT2D eigenvalue weighted by Crippen LogP contribution is 2.35. The molecule has 2 aliphatic rings. The molecule has 0 radical (unpaired) electrons. The smallest absolute Gasteiger partial charge is 0.335 e. The average Bonchev–Trinajstić information content (AvgIpc) is 3.36. The molecule has 9 nitrogen and oxygen atoms in total. The van der Waals surface area contributed by atoms with E-state index in [4.69, 9.17) is 4.74 Å². The molecule has 0 atom stereocenters. The van der Waals surface area contributed by atoms with E-state index in [0.717, 1.165) is 45.7 Å². The van der Waals surface area contributed by atoms with Gasteiger partial charge in [0.2, 0.25) is 11.8 Å². The van der Waals surface area contributed by atoms with E-state index < -0.39 is 5.97 Å². The van der Waals surface area contributed by atoms with E-state index in [1.54, 1.807) is 22.3 Å². The molecule has 2 amide bonds. The van der Waals surface area contributed by atoms with Crippen molar-refractivity contribution in [1.82, 2.24) is 10.2 Å². The molecule has 2 aliphatic heterocycles. The third-order valence-corrected chi connectivity index (χ3v) is 7.00. The van der Waals surface area contributed by atoms with Crippen molar-refractivity contribution in [1.29, 1.82) is 0 Å². The third-order valence-electron chi connectivity index (χ3n) is 6.06. The summed E-state index contributed by atoms with van der Waals surface area (Å²) in [6.07, 6.45) is 1.60. The number of ether oxygens (including phenoxy) is 1. The van der Waals surface area contributed by atoms with Gasteiger partial charge in [-0.3, -0.25) is 19.4 Å². The van der Waals surface area contributed by atoms with Crippen LogP contribution in [0.3, 0.4) is 0 Å². The monoisotopic (exact) mass is 486 g/mol. The van der Waals surface area contributed by atoms with Crippen LogP contribution < -0.4 is 15.1 Å². The Morgan fingerprint density at radius 1 is 1.12 bits per heavy atom. The number of hydrogen-bond donors (Lipinski definition) is 2. The van der Waals surface area contributed by atoms with Crippen molar-refractivity contribution >= 4 is 40.5 Å². The van der Waals surface area contributed by atoms with Crippen molar-refractivity contribution in [3.63, 3.8) is 0 Å². The molecular formula is C24H30N4O5S. The van der Waals surface area contributed by atoms with Gasteiger partial charge >= 0.3 is 5.97 Å². The quantitative estimate of drug-likeness (QED) is 0.493. The fourth-order valence-electron chi connectivity index (χ4n) is 4.24. The van der Waals surface area contributed by atoms with Gasteiger partial charge in [-0.15, -0.1) is 11.3 Å².